The van der Waals surface area contributed by atoms with Gasteiger partial charge in [-0.1, -0.05) is 26.2 Å². The van der Waals surface area contributed by atoms with E-state index in [2.05, 4.69) is 17.2 Å². The summed E-state index contributed by atoms with van der Waals surface area (Å²) >= 11 is 0. The highest BCUT2D eigenvalue weighted by Gasteiger charge is 2.35. The Kier molecular flexibility index (Phi) is 6.95. The number of hydrogen-bond acceptors (Lipinski definition) is 5. The molecule has 0 radical (unpaired) electrons. The van der Waals surface area contributed by atoms with E-state index < -0.39 is 24.2 Å². The lowest BCUT2D eigenvalue weighted by atomic mass is 10.0. The number of unbranched alkanes of at least 4 members (excludes halogenated alkanes) is 2. The third-order valence-electron chi connectivity index (χ3n) is 4.42. The summed E-state index contributed by atoms with van der Waals surface area (Å²) in [7, 11) is 0. The molecule has 0 spiro atoms. The SMILES string of the molecule is CCCCC[C@H]1OC(O)CC1n1cnc(C[C@H](NC(C)=O)C(=O)O)c1. The first kappa shape index (κ1) is 19.4. The van der Waals surface area contributed by atoms with Crippen molar-refractivity contribution in [2.45, 2.75) is 76.9 Å². The second-order valence-electron chi connectivity index (χ2n) is 6.54. The van der Waals surface area contributed by atoms with Crippen molar-refractivity contribution in [3.05, 3.63) is 18.2 Å². The van der Waals surface area contributed by atoms with Gasteiger partial charge in [-0.25, -0.2) is 9.78 Å². The van der Waals surface area contributed by atoms with Gasteiger partial charge in [0.2, 0.25) is 5.91 Å². The number of hydrogen-bond donors (Lipinski definition) is 3. The molecule has 0 aromatic carbocycles. The van der Waals surface area contributed by atoms with E-state index in [-0.39, 0.29) is 18.6 Å². The minimum Gasteiger partial charge on any atom is -0.480 e. The summed E-state index contributed by atoms with van der Waals surface area (Å²) in [5.41, 5.74) is 0.579. The van der Waals surface area contributed by atoms with Gasteiger partial charge < -0.3 is 24.8 Å². The number of nitrogens with one attached hydrogen (secondary N) is 1. The van der Waals surface area contributed by atoms with E-state index in [1.54, 1.807) is 12.5 Å². The van der Waals surface area contributed by atoms with Gasteiger partial charge >= 0.3 is 5.97 Å². The minimum atomic E-state index is -1.10. The molecule has 140 valence electrons. The van der Waals surface area contributed by atoms with Crippen molar-refractivity contribution < 1.29 is 24.5 Å². The number of ether oxygens (including phenoxy) is 1. The largest absolute Gasteiger partial charge is 0.480 e. The minimum absolute atomic E-state index is 0.0165. The van der Waals surface area contributed by atoms with Crippen molar-refractivity contribution in [1.82, 2.24) is 14.9 Å². The molecule has 2 heterocycles. The number of aliphatic hydroxyl groups excluding tert-OH is 1. The Morgan fingerprint density at radius 3 is 2.88 bits per heavy atom. The number of amides is 1. The van der Waals surface area contributed by atoms with Crippen LogP contribution in [-0.4, -0.2) is 50.1 Å². The molecule has 1 aliphatic rings. The number of carbonyl (C=O) groups excluding carboxylic acids is 1. The topological polar surface area (TPSA) is 114 Å². The highest BCUT2D eigenvalue weighted by atomic mass is 16.6. The number of aliphatic carboxylic acids is 1. The number of aromatic nitrogens is 2. The predicted octanol–water partition coefficient (Wildman–Crippen LogP) is 1.24. The van der Waals surface area contributed by atoms with Crippen molar-refractivity contribution in [2.75, 3.05) is 0 Å². The van der Waals surface area contributed by atoms with Crippen LogP contribution in [0.4, 0.5) is 0 Å². The molecule has 8 heteroatoms. The van der Waals surface area contributed by atoms with Crippen LogP contribution in [0, 0.1) is 0 Å². The number of imidazole rings is 1. The molecule has 0 aliphatic carbocycles. The lowest BCUT2D eigenvalue weighted by Crippen LogP contribution is -2.41. The third-order valence-corrected chi connectivity index (χ3v) is 4.42. The molecule has 25 heavy (non-hydrogen) atoms. The molecule has 1 saturated heterocycles. The van der Waals surface area contributed by atoms with Gasteiger partial charge in [0, 0.05) is 26.0 Å². The molecule has 1 aliphatic heterocycles. The molecule has 0 bridgehead atoms. The van der Waals surface area contributed by atoms with Crippen molar-refractivity contribution in [1.29, 1.82) is 0 Å². The summed E-state index contributed by atoms with van der Waals surface area (Å²) in [4.78, 5) is 26.6. The summed E-state index contributed by atoms with van der Waals surface area (Å²) in [6, 6.07) is -1.02. The number of aliphatic hydroxyl groups is 1. The van der Waals surface area contributed by atoms with Gasteiger partial charge in [0.05, 0.1) is 24.2 Å². The zero-order chi connectivity index (χ0) is 18.4. The fourth-order valence-electron chi connectivity index (χ4n) is 3.20. The molecule has 1 fully saturated rings. The fourth-order valence-corrected chi connectivity index (χ4v) is 3.20. The Morgan fingerprint density at radius 1 is 1.48 bits per heavy atom. The number of carboxylic acid groups (broad SMARTS) is 1. The first-order valence-corrected chi connectivity index (χ1v) is 8.76. The number of nitrogens with zero attached hydrogens (tertiary/aromatic N) is 2. The van der Waals surface area contributed by atoms with Gasteiger partial charge in [-0.3, -0.25) is 4.79 Å². The average Bonchev–Trinajstić information content (AvgIpc) is 3.13. The van der Waals surface area contributed by atoms with Gasteiger partial charge in [0.15, 0.2) is 6.29 Å². The van der Waals surface area contributed by atoms with Crippen LogP contribution in [0.3, 0.4) is 0 Å². The van der Waals surface area contributed by atoms with Crippen LogP contribution in [0.1, 0.15) is 57.7 Å². The van der Waals surface area contributed by atoms with Crippen LogP contribution < -0.4 is 5.32 Å². The van der Waals surface area contributed by atoms with Crippen molar-refractivity contribution in [2.24, 2.45) is 0 Å². The van der Waals surface area contributed by atoms with Gasteiger partial charge in [-0.05, 0) is 6.42 Å². The summed E-state index contributed by atoms with van der Waals surface area (Å²) < 4.78 is 7.50. The standard InChI is InChI=1S/C17H27N3O5/c1-3-4-5-6-15-14(8-16(22)25-15)20-9-12(18-10-20)7-13(17(23)24)19-11(2)21/h9-10,13-16,22H,3-8H2,1-2H3,(H,19,21)(H,23,24)/t13-,14?,15+,16?/m0/s1. The van der Waals surface area contributed by atoms with Gasteiger partial charge in [-0.2, -0.15) is 0 Å². The fraction of sp³-hybridized carbons (Fsp3) is 0.706. The summed E-state index contributed by atoms with van der Waals surface area (Å²) in [5, 5.41) is 21.4. The molecule has 3 N–H and O–H groups in total. The van der Waals surface area contributed by atoms with Crippen LogP contribution in [0.15, 0.2) is 12.5 Å². The highest BCUT2D eigenvalue weighted by molar-refractivity contribution is 5.82. The van der Waals surface area contributed by atoms with Crippen molar-refractivity contribution in [3.8, 4) is 0 Å². The summed E-state index contributed by atoms with van der Waals surface area (Å²) in [6.45, 7) is 3.42. The maximum Gasteiger partial charge on any atom is 0.326 e. The van der Waals surface area contributed by atoms with E-state index in [0.29, 0.717) is 12.1 Å². The predicted molar refractivity (Wildman–Crippen MR) is 89.8 cm³/mol. The van der Waals surface area contributed by atoms with Crippen LogP contribution in [-0.2, 0) is 20.7 Å². The Bertz CT molecular complexity index is 589. The Hall–Kier alpha value is -1.93. The Labute approximate surface area is 147 Å². The second-order valence-corrected chi connectivity index (χ2v) is 6.54. The number of carbonyl (C=O) groups is 2. The quantitative estimate of drug-likeness (QED) is 0.576. The van der Waals surface area contributed by atoms with Gasteiger partial charge in [-0.15, -0.1) is 0 Å². The molecule has 2 rings (SSSR count). The first-order valence-electron chi connectivity index (χ1n) is 8.76. The zero-order valence-corrected chi connectivity index (χ0v) is 14.7. The van der Waals surface area contributed by atoms with Gasteiger partial charge in [0.25, 0.3) is 0 Å². The van der Waals surface area contributed by atoms with Crippen LogP contribution >= 0.6 is 0 Å². The molecule has 2 unspecified atom stereocenters. The maximum atomic E-state index is 11.2. The van der Waals surface area contributed by atoms with Crippen LogP contribution in [0.2, 0.25) is 0 Å². The second kappa shape index (κ2) is 8.96. The monoisotopic (exact) mass is 353 g/mol. The normalized spacial score (nSPS) is 24.2. The summed E-state index contributed by atoms with van der Waals surface area (Å²) in [5.74, 6) is -1.49. The van der Waals surface area contributed by atoms with E-state index in [1.807, 2.05) is 4.57 Å². The molecule has 8 nitrogen and oxygen atoms in total. The number of rotatable bonds is 9. The molecule has 1 aromatic rings. The number of carboxylic acids is 1. The summed E-state index contributed by atoms with van der Waals surface area (Å²) in [6.07, 6.45) is 7.30. The molecule has 1 aromatic heterocycles. The van der Waals surface area contributed by atoms with Crippen molar-refractivity contribution >= 4 is 11.9 Å². The lowest BCUT2D eigenvalue weighted by molar-refractivity contribution is -0.141. The van der Waals surface area contributed by atoms with E-state index >= 15 is 0 Å². The van der Waals surface area contributed by atoms with Crippen molar-refractivity contribution in [3.63, 3.8) is 0 Å². The first-order chi connectivity index (χ1) is 11.9. The van der Waals surface area contributed by atoms with Gasteiger partial charge in [0.1, 0.15) is 6.04 Å². The zero-order valence-electron chi connectivity index (χ0n) is 14.7. The third kappa shape index (κ3) is 5.54. The molecule has 4 atom stereocenters. The Morgan fingerprint density at radius 2 is 2.24 bits per heavy atom. The van der Waals surface area contributed by atoms with Crippen LogP contribution in [0.5, 0.6) is 0 Å². The van der Waals surface area contributed by atoms with E-state index in [9.17, 15) is 19.8 Å². The highest BCUT2D eigenvalue weighted by Crippen LogP contribution is 2.33. The lowest BCUT2D eigenvalue weighted by Gasteiger charge is -2.19. The maximum absolute atomic E-state index is 11.2. The average molecular weight is 353 g/mol. The molecular formula is C17H27N3O5. The van der Waals surface area contributed by atoms with E-state index in [1.165, 1.54) is 6.92 Å². The van der Waals surface area contributed by atoms with Crippen LogP contribution in [0.25, 0.3) is 0 Å². The Balaban J connectivity index is 2.03. The molecule has 0 saturated carbocycles. The molecule has 1 amide bonds. The van der Waals surface area contributed by atoms with E-state index in [0.717, 1.165) is 25.7 Å². The van der Waals surface area contributed by atoms with E-state index in [4.69, 9.17) is 4.74 Å². The smallest absolute Gasteiger partial charge is 0.326 e. The molecular weight excluding hydrogens is 326 g/mol.